The van der Waals surface area contributed by atoms with Gasteiger partial charge in [0.05, 0.1) is 21.1 Å². The van der Waals surface area contributed by atoms with Crippen LogP contribution in [0.1, 0.15) is 15.9 Å². The minimum atomic E-state index is -0.978. The molecule has 2 rings (SSSR count). The lowest BCUT2D eigenvalue weighted by molar-refractivity contribution is 0.0696. The quantitative estimate of drug-likeness (QED) is 0.826. The Morgan fingerprint density at radius 3 is 2.55 bits per heavy atom. The molecule has 0 saturated heterocycles. The molecule has 0 fully saturated rings. The van der Waals surface area contributed by atoms with Crippen molar-refractivity contribution in [2.24, 2.45) is 0 Å². The molecule has 0 aliphatic rings. The first-order valence-corrected chi connectivity index (χ1v) is 7.40. The van der Waals surface area contributed by atoms with Gasteiger partial charge in [-0.2, -0.15) is 0 Å². The summed E-state index contributed by atoms with van der Waals surface area (Å²) in [6.07, 6.45) is 4.25. The number of ether oxygens (including phenoxy) is 1. The molecule has 2 aromatic rings. The van der Waals surface area contributed by atoms with Crippen LogP contribution in [0.2, 0.25) is 0 Å². The predicted molar refractivity (Wildman–Crippen MR) is 82.2 cm³/mol. The van der Waals surface area contributed by atoms with Crippen LogP contribution in [0.3, 0.4) is 0 Å². The third-order valence-corrected chi connectivity index (χ3v) is 3.78. The smallest absolute Gasteiger partial charge is 0.335 e. The maximum absolute atomic E-state index is 10.9. The second-order valence-corrected chi connectivity index (χ2v) is 5.74. The fraction of sp³-hybridized carbons (Fsp3) is 0.143. The number of carbonyl (C=O) groups is 1. The van der Waals surface area contributed by atoms with Gasteiger partial charge in [0.25, 0.3) is 0 Å². The van der Waals surface area contributed by atoms with Crippen molar-refractivity contribution in [1.29, 1.82) is 0 Å². The van der Waals surface area contributed by atoms with Crippen molar-refractivity contribution in [2.75, 3.05) is 6.61 Å². The van der Waals surface area contributed by atoms with Crippen LogP contribution in [0.15, 0.2) is 45.6 Å². The molecule has 1 aromatic carbocycles. The van der Waals surface area contributed by atoms with Crippen molar-refractivity contribution in [3.63, 3.8) is 0 Å². The molecule has 1 aromatic heterocycles. The number of carboxylic acid groups (broad SMARTS) is 1. The Morgan fingerprint density at radius 2 is 2.00 bits per heavy atom. The summed E-state index contributed by atoms with van der Waals surface area (Å²) in [6, 6.07) is 6.90. The molecule has 0 bridgehead atoms. The molecule has 0 spiro atoms. The van der Waals surface area contributed by atoms with Gasteiger partial charge in [-0.15, -0.1) is 0 Å². The van der Waals surface area contributed by atoms with E-state index in [1.807, 2.05) is 12.1 Å². The number of pyridine rings is 1. The number of aromatic nitrogens is 1. The summed E-state index contributed by atoms with van der Waals surface area (Å²) < 4.78 is 6.91. The number of rotatable bonds is 5. The van der Waals surface area contributed by atoms with E-state index in [0.29, 0.717) is 21.3 Å². The Hall–Kier alpha value is -1.40. The van der Waals surface area contributed by atoms with Gasteiger partial charge in [-0.25, -0.2) is 4.79 Å². The summed E-state index contributed by atoms with van der Waals surface area (Å²) in [7, 11) is 0. The van der Waals surface area contributed by atoms with E-state index in [1.165, 1.54) is 12.1 Å². The first-order valence-electron chi connectivity index (χ1n) is 5.82. The van der Waals surface area contributed by atoms with Crippen LogP contribution in [0.4, 0.5) is 0 Å². The average Bonchev–Trinajstić information content (AvgIpc) is 2.42. The van der Waals surface area contributed by atoms with Crippen molar-refractivity contribution in [2.45, 2.75) is 6.42 Å². The van der Waals surface area contributed by atoms with Crippen LogP contribution in [0, 0.1) is 0 Å². The molecular weight excluding hydrogens is 390 g/mol. The van der Waals surface area contributed by atoms with E-state index in [-0.39, 0.29) is 5.56 Å². The van der Waals surface area contributed by atoms with Gasteiger partial charge in [0.15, 0.2) is 0 Å². The van der Waals surface area contributed by atoms with Crippen LogP contribution in [-0.2, 0) is 6.42 Å². The molecule has 0 saturated carbocycles. The van der Waals surface area contributed by atoms with Gasteiger partial charge in [-0.1, -0.05) is 6.07 Å². The molecule has 6 heteroatoms. The Bertz CT molecular complexity index is 594. The monoisotopic (exact) mass is 399 g/mol. The number of halogens is 2. The number of hydrogen-bond donors (Lipinski definition) is 1. The third-order valence-electron chi connectivity index (χ3n) is 2.61. The van der Waals surface area contributed by atoms with Gasteiger partial charge < -0.3 is 9.84 Å². The van der Waals surface area contributed by atoms with E-state index in [9.17, 15) is 4.79 Å². The number of benzene rings is 1. The minimum absolute atomic E-state index is 0.198. The maximum Gasteiger partial charge on any atom is 0.335 e. The first kappa shape index (κ1) is 15.0. The Labute approximate surface area is 133 Å². The summed E-state index contributed by atoms with van der Waals surface area (Å²) in [5.74, 6) is -0.382. The molecule has 20 heavy (non-hydrogen) atoms. The largest absolute Gasteiger partial charge is 0.491 e. The Kier molecular flexibility index (Phi) is 5.14. The predicted octanol–water partition coefficient (Wildman–Crippen LogP) is 3.93. The fourth-order valence-corrected chi connectivity index (χ4v) is 3.05. The molecule has 104 valence electrons. The van der Waals surface area contributed by atoms with Crippen LogP contribution in [0.25, 0.3) is 0 Å². The summed E-state index contributed by atoms with van der Waals surface area (Å²) in [4.78, 5) is 15.0. The molecule has 4 nitrogen and oxygen atoms in total. The SMILES string of the molecule is O=C(O)c1cc(Br)c(OCCc2cccnc2)c(Br)c1. The molecule has 0 amide bonds. The third kappa shape index (κ3) is 3.80. The Morgan fingerprint density at radius 1 is 1.30 bits per heavy atom. The number of hydrogen-bond acceptors (Lipinski definition) is 3. The average molecular weight is 401 g/mol. The maximum atomic E-state index is 10.9. The van der Waals surface area contributed by atoms with Crippen LogP contribution in [0.5, 0.6) is 5.75 Å². The summed E-state index contributed by atoms with van der Waals surface area (Å²) in [5, 5.41) is 8.96. The van der Waals surface area contributed by atoms with E-state index >= 15 is 0 Å². The number of aromatic carboxylic acids is 1. The summed E-state index contributed by atoms with van der Waals surface area (Å²) in [5.41, 5.74) is 1.28. The molecule has 1 N–H and O–H groups in total. The van der Waals surface area contributed by atoms with Gasteiger partial charge in [-0.3, -0.25) is 4.98 Å². The normalized spacial score (nSPS) is 10.3. The highest BCUT2D eigenvalue weighted by Crippen LogP contribution is 2.34. The van der Waals surface area contributed by atoms with Crippen LogP contribution < -0.4 is 4.74 Å². The van der Waals surface area contributed by atoms with Gasteiger partial charge >= 0.3 is 5.97 Å². The standard InChI is InChI=1S/C14H11Br2NO3/c15-11-6-10(14(18)19)7-12(16)13(11)20-5-3-9-2-1-4-17-8-9/h1-2,4,6-8H,3,5H2,(H,18,19). The van der Waals surface area contributed by atoms with E-state index in [2.05, 4.69) is 36.8 Å². The summed E-state index contributed by atoms with van der Waals surface area (Å²) in [6.45, 7) is 0.481. The van der Waals surface area contributed by atoms with E-state index in [4.69, 9.17) is 9.84 Å². The zero-order valence-electron chi connectivity index (χ0n) is 10.3. The van der Waals surface area contributed by atoms with E-state index < -0.39 is 5.97 Å². The highest BCUT2D eigenvalue weighted by molar-refractivity contribution is 9.11. The molecule has 0 unspecified atom stereocenters. The number of carboxylic acids is 1. The molecule has 0 atom stereocenters. The van der Waals surface area contributed by atoms with Gasteiger partial charge in [0.2, 0.25) is 0 Å². The van der Waals surface area contributed by atoms with Crippen molar-refractivity contribution < 1.29 is 14.6 Å². The minimum Gasteiger partial charge on any atom is -0.491 e. The fourth-order valence-electron chi connectivity index (χ4n) is 1.64. The molecule has 0 radical (unpaired) electrons. The van der Waals surface area contributed by atoms with Gasteiger partial charge in [-0.05, 0) is 55.6 Å². The lowest BCUT2D eigenvalue weighted by Crippen LogP contribution is -2.04. The highest BCUT2D eigenvalue weighted by Gasteiger charge is 2.12. The van der Waals surface area contributed by atoms with Gasteiger partial charge in [0, 0.05) is 18.8 Å². The van der Waals surface area contributed by atoms with Crippen molar-refractivity contribution in [3.8, 4) is 5.75 Å². The zero-order chi connectivity index (χ0) is 14.5. The topological polar surface area (TPSA) is 59.4 Å². The summed E-state index contributed by atoms with van der Waals surface area (Å²) >= 11 is 6.64. The van der Waals surface area contributed by atoms with Crippen LogP contribution in [-0.4, -0.2) is 22.7 Å². The van der Waals surface area contributed by atoms with Crippen molar-refractivity contribution in [1.82, 2.24) is 4.98 Å². The zero-order valence-corrected chi connectivity index (χ0v) is 13.5. The molecule has 0 aliphatic heterocycles. The van der Waals surface area contributed by atoms with Crippen molar-refractivity contribution >= 4 is 37.8 Å². The second-order valence-electron chi connectivity index (χ2n) is 4.03. The van der Waals surface area contributed by atoms with E-state index in [1.54, 1.807) is 12.4 Å². The second kappa shape index (κ2) is 6.85. The van der Waals surface area contributed by atoms with Crippen LogP contribution >= 0.6 is 31.9 Å². The van der Waals surface area contributed by atoms with E-state index in [0.717, 1.165) is 12.0 Å². The molecule has 0 aliphatic carbocycles. The van der Waals surface area contributed by atoms with Gasteiger partial charge in [0.1, 0.15) is 5.75 Å². The highest BCUT2D eigenvalue weighted by atomic mass is 79.9. The lowest BCUT2D eigenvalue weighted by Gasteiger charge is -2.11. The number of nitrogens with zero attached hydrogens (tertiary/aromatic N) is 1. The first-order chi connectivity index (χ1) is 9.58. The molecular formula is C14H11Br2NO3. The molecule has 1 heterocycles. The Balaban J connectivity index is 2.05. The van der Waals surface area contributed by atoms with Crippen molar-refractivity contribution in [3.05, 3.63) is 56.7 Å². The lowest BCUT2D eigenvalue weighted by atomic mass is 10.2.